The maximum absolute atomic E-state index is 12.5. The van der Waals surface area contributed by atoms with Crippen LogP contribution in [0.2, 0.25) is 0 Å². The Hall–Kier alpha value is -3.19. The second kappa shape index (κ2) is 8.05. The molecule has 0 saturated carbocycles. The van der Waals surface area contributed by atoms with Crippen molar-refractivity contribution in [3.63, 3.8) is 0 Å². The van der Waals surface area contributed by atoms with Crippen molar-refractivity contribution in [3.05, 3.63) is 69.8 Å². The van der Waals surface area contributed by atoms with E-state index in [-0.39, 0.29) is 24.7 Å². The molecule has 0 aliphatic carbocycles. The maximum Gasteiger partial charge on any atom is 0.344 e. The SMILES string of the molecule is CCOC(=O)C1=C(O)/C(=C/c2ccc3c(c2)OCO3)SC1=Nc1cccc(C)c1. The van der Waals surface area contributed by atoms with Gasteiger partial charge in [-0.2, -0.15) is 0 Å². The number of rotatable bonds is 4. The van der Waals surface area contributed by atoms with Gasteiger partial charge in [-0.05, 0) is 55.3 Å². The lowest BCUT2D eigenvalue weighted by molar-refractivity contribution is -0.138. The smallest absolute Gasteiger partial charge is 0.344 e. The molecule has 148 valence electrons. The largest absolute Gasteiger partial charge is 0.506 e. The molecule has 2 aromatic rings. The monoisotopic (exact) mass is 409 g/mol. The van der Waals surface area contributed by atoms with E-state index in [9.17, 15) is 9.90 Å². The van der Waals surface area contributed by atoms with Gasteiger partial charge in [0, 0.05) is 0 Å². The summed E-state index contributed by atoms with van der Waals surface area (Å²) >= 11 is 1.22. The van der Waals surface area contributed by atoms with E-state index in [1.165, 1.54) is 11.8 Å². The highest BCUT2D eigenvalue weighted by molar-refractivity contribution is 8.18. The highest BCUT2D eigenvalue weighted by Crippen LogP contribution is 2.41. The topological polar surface area (TPSA) is 77.4 Å². The number of fused-ring (bicyclic) bond motifs is 1. The molecule has 4 rings (SSSR count). The number of aliphatic hydroxyl groups is 1. The van der Waals surface area contributed by atoms with Crippen molar-refractivity contribution in [2.45, 2.75) is 13.8 Å². The minimum atomic E-state index is -0.599. The molecule has 0 aromatic heterocycles. The van der Waals surface area contributed by atoms with E-state index in [4.69, 9.17) is 14.2 Å². The van der Waals surface area contributed by atoms with Crippen molar-refractivity contribution in [1.29, 1.82) is 0 Å². The van der Waals surface area contributed by atoms with Crippen LogP contribution in [0, 0.1) is 6.92 Å². The van der Waals surface area contributed by atoms with Gasteiger partial charge in [0.1, 0.15) is 16.4 Å². The van der Waals surface area contributed by atoms with Gasteiger partial charge in [-0.25, -0.2) is 9.79 Å². The summed E-state index contributed by atoms with van der Waals surface area (Å²) in [6.45, 7) is 4.09. The number of aryl methyl sites for hydroxylation is 1. The molecular weight excluding hydrogens is 390 g/mol. The number of aliphatic imine (C=N–C) groups is 1. The molecule has 2 aliphatic heterocycles. The molecular formula is C22H19NO5S. The van der Waals surface area contributed by atoms with Crippen molar-refractivity contribution in [2.24, 2.45) is 4.99 Å². The van der Waals surface area contributed by atoms with Crippen molar-refractivity contribution < 1.29 is 24.1 Å². The van der Waals surface area contributed by atoms with Gasteiger partial charge in [-0.3, -0.25) is 0 Å². The predicted octanol–water partition coefficient (Wildman–Crippen LogP) is 4.92. The zero-order chi connectivity index (χ0) is 20.4. The molecule has 0 saturated heterocycles. The molecule has 1 N–H and O–H groups in total. The molecule has 0 amide bonds. The Labute approximate surface area is 172 Å². The van der Waals surface area contributed by atoms with Gasteiger partial charge in [0.15, 0.2) is 11.5 Å². The quantitative estimate of drug-likeness (QED) is 0.723. The summed E-state index contributed by atoms with van der Waals surface area (Å²) < 4.78 is 15.9. The van der Waals surface area contributed by atoms with Crippen LogP contribution < -0.4 is 9.47 Å². The van der Waals surface area contributed by atoms with Gasteiger partial charge in [0.2, 0.25) is 6.79 Å². The lowest BCUT2D eigenvalue weighted by Crippen LogP contribution is -2.12. The number of benzene rings is 2. The van der Waals surface area contributed by atoms with E-state index >= 15 is 0 Å². The van der Waals surface area contributed by atoms with E-state index in [0.29, 0.717) is 27.1 Å². The van der Waals surface area contributed by atoms with Crippen LogP contribution in [0.25, 0.3) is 6.08 Å². The van der Waals surface area contributed by atoms with Crippen molar-refractivity contribution in [2.75, 3.05) is 13.4 Å². The summed E-state index contributed by atoms with van der Waals surface area (Å²) in [5, 5.41) is 11.2. The van der Waals surface area contributed by atoms with Crippen LogP contribution in [0.1, 0.15) is 18.1 Å². The number of esters is 1. The Morgan fingerprint density at radius 3 is 2.86 bits per heavy atom. The highest BCUT2D eigenvalue weighted by atomic mass is 32.2. The van der Waals surface area contributed by atoms with E-state index in [2.05, 4.69) is 4.99 Å². The van der Waals surface area contributed by atoms with Gasteiger partial charge in [-0.15, -0.1) is 0 Å². The van der Waals surface area contributed by atoms with Crippen molar-refractivity contribution >= 4 is 34.5 Å². The molecule has 0 unspecified atom stereocenters. The first-order chi connectivity index (χ1) is 14.0. The van der Waals surface area contributed by atoms with Crippen LogP contribution in [-0.2, 0) is 9.53 Å². The minimum Gasteiger partial charge on any atom is -0.506 e. The van der Waals surface area contributed by atoms with Gasteiger partial charge in [-0.1, -0.05) is 30.0 Å². The van der Waals surface area contributed by atoms with Crippen molar-refractivity contribution in [1.82, 2.24) is 0 Å². The first-order valence-corrected chi connectivity index (χ1v) is 9.92. The van der Waals surface area contributed by atoms with Crippen LogP contribution >= 0.6 is 11.8 Å². The lowest BCUT2D eigenvalue weighted by atomic mass is 10.1. The zero-order valence-corrected chi connectivity index (χ0v) is 16.8. The summed E-state index contributed by atoms with van der Waals surface area (Å²) in [5.74, 6) is 0.584. The normalized spacial score (nSPS) is 18.0. The van der Waals surface area contributed by atoms with Crippen molar-refractivity contribution in [3.8, 4) is 11.5 Å². The second-order valence-corrected chi connectivity index (χ2v) is 7.45. The maximum atomic E-state index is 12.5. The minimum absolute atomic E-state index is 0.0744. The van der Waals surface area contributed by atoms with Gasteiger partial charge < -0.3 is 19.3 Å². The number of aliphatic hydroxyl groups excluding tert-OH is 1. The first kappa shape index (κ1) is 19.1. The number of carbonyl (C=O) groups is 1. The molecule has 6 nitrogen and oxygen atoms in total. The molecule has 2 heterocycles. The fraction of sp³-hybridized carbons (Fsp3) is 0.182. The van der Waals surface area contributed by atoms with Gasteiger partial charge >= 0.3 is 5.97 Å². The van der Waals surface area contributed by atoms with Crippen LogP contribution in [0.15, 0.2) is 63.7 Å². The van der Waals surface area contributed by atoms with E-state index in [1.807, 2.05) is 49.4 Å². The number of hydrogen-bond donors (Lipinski definition) is 1. The molecule has 2 aliphatic rings. The lowest BCUT2D eigenvalue weighted by Gasteiger charge is -2.04. The molecule has 0 radical (unpaired) electrons. The summed E-state index contributed by atoms with van der Waals surface area (Å²) in [6.07, 6.45) is 1.78. The van der Waals surface area contributed by atoms with Crippen LogP contribution in [0.5, 0.6) is 11.5 Å². The Morgan fingerprint density at radius 2 is 2.07 bits per heavy atom. The molecule has 29 heavy (non-hydrogen) atoms. The summed E-state index contributed by atoms with van der Waals surface area (Å²) in [5.41, 5.74) is 2.64. The Balaban J connectivity index is 1.73. The molecule has 0 bridgehead atoms. The predicted molar refractivity (Wildman–Crippen MR) is 113 cm³/mol. The molecule has 0 spiro atoms. The Kier molecular flexibility index (Phi) is 5.31. The number of carbonyl (C=O) groups excluding carboxylic acids is 1. The third kappa shape index (κ3) is 4.00. The van der Waals surface area contributed by atoms with Crippen LogP contribution in [0.3, 0.4) is 0 Å². The molecule has 2 aromatic carbocycles. The van der Waals surface area contributed by atoms with Crippen LogP contribution in [0.4, 0.5) is 5.69 Å². The summed E-state index contributed by atoms with van der Waals surface area (Å²) in [7, 11) is 0. The van der Waals surface area contributed by atoms with Gasteiger partial charge in [0.25, 0.3) is 0 Å². The Morgan fingerprint density at radius 1 is 1.24 bits per heavy atom. The number of hydrogen-bond acceptors (Lipinski definition) is 7. The standard InChI is InChI=1S/C22H19NO5S/c1-3-26-22(25)19-20(24)18(11-14-7-8-16-17(10-14)28-12-27-16)29-21(19)23-15-6-4-5-13(2)9-15/h4-11,24H,3,12H2,1-2H3/b18-11-,23-21?. The fourth-order valence-electron chi connectivity index (χ4n) is 2.96. The van der Waals surface area contributed by atoms with Crippen LogP contribution in [-0.4, -0.2) is 29.5 Å². The number of nitrogens with zero attached hydrogens (tertiary/aromatic N) is 1. The fourth-order valence-corrected chi connectivity index (χ4v) is 4.00. The average Bonchev–Trinajstić information content (AvgIpc) is 3.26. The van der Waals surface area contributed by atoms with E-state index in [0.717, 1.165) is 11.1 Å². The highest BCUT2D eigenvalue weighted by Gasteiger charge is 2.33. The van der Waals surface area contributed by atoms with E-state index < -0.39 is 5.97 Å². The van der Waals surface area contributed by atoms with E-state index in [1.54, 1.807) is 13.0 Å². The Bertz CT molecular complexity index is 1070. The van der Waals surface area contributed by atoms with Gasteiger partial charge in [0.05, 0.1) is 17.2 Å². The molecule has 7 heteroatoms. The summed E-state index contributed by atoms with van der Waals surface area (Å²) in [4.78, 5) is 17.6. The molecule has 0 atom stereocenters. The zero-order valence-electron chi connectivity index (χ0n) is 16.0. The number of thioether (sulfide) groups is 1. The summed E-state index contributed by atoms with van der Waals surface area (Å²) in [6, 6.07) is 13.1. The average molecular weight is 409 g/mol. The molecule has 0 fully saturated rings. The third-order valence-electron chi connectivity index (χ3n) is 4.30. The first-order valence-electron chi connectivity index (χ1n) is 9.11. The second-order valence-electron chi connectivity index (χ2n) is 6.42. The number of ether oxygens (including phenoxy) is 3. The third-order valence-corrected chi connectivity index (χ3v) is 5.32.